The molecule has 1 aliphatic heterocycles. The van der Waals surface area contributed by atoms with Crippen molar-refractivity contribution in [2.45, 2.75) is 64.1 Å². The fourth-order valence-electron chi connectivity index (χ4n) is 6.88. The third-order valence-electron chi connectivity index (χ3n) is 9.26. The van der Waals surface area contributed by atoms with Crippen LogP contribution in [0.3, 0.4) is 0 Å². The summed E-state index contributed by atoms with van der Waals surface area (Å²) in [4.78, 5) is 57.7. The molecule has 3 atom stereocenters. The Morgan fingerprint density at radius 2 is 1.45 bits per heavy atom. The zero-order valence-corrected chi connectivity index (χ0v) is 30.8. The number of allylic oxidation sites excluding steroid dienone is 1. The summed E-state index contributed by atoms with van der Waals surface area (Å²) < 4.78 is 17.5. The lowest BCUT2D eigenvalue weighted by molar-refractivity contribution is -0.145. The number of carbonyl (C=O) groups excluding carboxylic acids is 4. The molecule has 4 bridgehead atoms. The number of methoxy groups -OCH3 is 3. The fraction of sp³-hybridized carbons (Fsp3) is 0.341. The van der Waals surface area contributed by atoms with Crippen molar-refractivity contribution in [3.8, 4) is 22.6 Å². The zero-order valence-electron chi connectivity index (χ0n) is 30.8. The van der Waals surface area contributed by atoms with Crippen LogP contribution in [0.1, 0.15) is 44.2 Å². The molecule has 0 saturated heterocycles. The summed E-state index contributed by atoms with van der Waals surface area (Å²) in [5.74, 6) is -0.674. The summed E-state index contributed by atoms with van der Waals surface area (Å²) in [5, 5.41) is 12.1. The number of hydrogen-bond acceptors (Lipinski definition) is 8. The maximum atomic E-state index is 14.2. The summed E-state index contributed by atoms with van der Waals surface area (Å²) in [6.45, 7) is 3.32. The molecule has 0 aliphatic carbocycles. The van der Waals surface area contributed by atoms with Crippen molar-refractivity contribution >= 4 is 51.1 Å². The van der Waals surface area contributed by atoms with Gasteiger partial charge in [-0.1, -0.05) is 60.7 Å². The number of aliphatic imine (C=N–C) groups is 1. The third kappa shape index (κ3) is 8.94. The van der Waals surface area contributed by atoms with Crippen LogP contribution in [0.5, 0.6) is 11.5 Å². The molecule has 5 N–H and O–H groups in total. The Hall–Kier alpha value is -5.91. The van der Waals surface area contributed by atoms with Gasteiger partial charge in [0.2, 0.25) is 17.7 Å². The van der Waals surface area contributed by atoms with Crippen molar-refractivity contribution in [3.05, 3.63) is 83.9 Å². The Morgan fingerprint density at radius 3 is 2.04 bits per heavy atom. The molecule has 1 heterocycles. The Morgan fingerprint density at radius 1 is 0.849 bits per heavy atom. The van der Waals surface area contributed by atoms with Gasteiger partial charge >= 0.3 is 5.97 Å². The van der Waals surface area contributed by atoms with E-state index in [2.05, 4.69) is 27.0 Å². The normalized spacial score (nSPS) is 19.0. The molecule has 0 spiro atoms. The number of carbonyl (C=O) groups is 4. The molecule has 0 saturated carbocycles. The Balaban J connectivity index is 1.75. The van der Waals surface area contributed by atoms with E-state index in [0.29, 0.717) is 42.3 Å². The molecule has 12 heteroatoms. The van der Waals surface area contributed by atoms with E-state index in [0.717, 1.165) is 38.2 Å². The number of nitrogens with one attached hydrogen (secondary N) is 3. The fourth-order valence-corrected chi connectivity index (χ4v) is 6.88. The highest BCUT2D eigenvalue weighted by molar-refractivity contribution is 6.11. The first kappa shape index (κ1) is 38.3. The predicted molar refractivity (Wildman–Crippen MR) is 206 cm³/mol. The summed E-state index contributed by atoms with van der Waals surface area (Å²) in [7, 11) is 4.47. The molecule has 12 nitrogen and oxygen atoms in total. The number of hydrogen-bond donors (Lipinski definition) is 4. The second-order valence-electron chi connectivity index (χ2n) is 13.0. The minimum Gasteiger partial charge on any atom is -0.496 e. The van der Waals surface area contributed by atoms with Crippen molar-refractivity contribution < 1.29 is 33.4 Å². The number of benzene rings is 4. The Kier molecular flexibility index (Phi) is 12.7. The first-order valence-electron chi connectivity index (χ1n) is 17.6. The number of esters is 1. The topological polar surface area (TPSA) is 170 Å². The molecule has 1 aliphatic rings. The number of rotatable bonds is 8. The summed E-state index contributed by atoms with van der Waals surface area (Å²) in [5.41, 5.74) is 8.86. The molecule has 1 unspecified atom stereocenters. The monoisotopic (exact) mass is 721 g/mol. The van der Waals surface area contributed by atoms with Crippen LogP contribution in [-0.2, 0) is 36.8 Å². The standard InChI is InChI=1S/C41H47N5O7/c1-24(42)43-20-12-19-32-39(48)46-33(41(50)53-5)18-11-8-15-28-21-26-13-6-9-16-30(26)35(37(28)51-3)36-31-17-10-7-14-27(31)22-29(38(36)52-4)23-34(40(49)45-32)44-25(2)47/h6-11,13-14,16-17,21-22,32-34H,12,15,18-20,23H2,1-5H3,(H2,42,43)(H,44,47)(H,45,49)(H,46,48)/b11-8-/t32-,33+,34?/m1/s1. The molecule has 53 heavy (non-hydrogen) atoms. The van der Waals surface area contributed by atoms with Crippen molar-refractivity contribution in [1.29, 1.82) is 0 Å². The van der Waals surface area contributed by atoms with Crippen LogP contribution in [0.4, 0.5) is 0 Å². The van der Waals surface area contributed by atoms with Crippen molar-refractivity contribution in [2.24, 2.45) is 10.7 Å². The largest absolute Gasteiger partial charge is 0.496 e. The molecule has 4 aromatic rings. The first-order chi connectivity index (χ1) is 25.6. The molecule has 0 radical (unpaired) electrons. The van der Waals surface area contributed by atoms with Gasteiger partial charge in [0, 0.05) is 31.0 Å². The highest BCUT2D eigenvalue weighted by Crippen LogP contribution is 2.48. The molecule has 0 fully saturated rings. The minimum absolute atomic E-state index is 0.0326. The number of amides is 3. The molecule has 0 aromatic heterocycles. The first-order valence-corrected chi connectivity index (χ1v) is 17.6. The molecule has 4 aromatic carbocycles. The van der Waals surface area contributed by atoms with Crippen LogP contribution in [0.15, 0.2) is 77.8 Å². The van der Waals surface area contributed by atoms with Gasteiger partial charge in [0.1, 0.15) is 29.6 Å². The van der Waals surface area contributed by atoms with E-state index in [1.165, 1.54) is 14.0 Å². The molecule has 3 amide bonds. The third-order valence-corrected chi connectivity index (χ3v) is 9.26. The summed E-state index contributed by atoms with van der Waals surface area (Å²) >= 11 is 0. The quantitative estimate of drug-likeness (QED) is 0.0677. The summed E-state index contributed by atoms with van der Waals surface area (Å²) in [6.07, 6.45) is 4.96. The van der Waals surface area contributed by atoms with Crippen molar-refractivity contribution in [2.75, 3.05) is 27.9 Å². The zero-order chi connectivity index (χ0) is 38.1. The highest BCUT2D eigenvalue weighted by atomic mass is 16.5. The molecular formula is C41H47N5O7. The van der Waals surface area contributed by atoms with Crippen molar-refractivity contribution in [1.82, 2.24) is 16.0 Å². The van der Waals surface area contributed by atoms with Gasteiger partial charge in [-0.15, -0.1) is 0 Å². The van der Waals surface area contributed by atoms with E-state index in [9.17, 15) is 19.2 Å². The number of amidine groups is 1. The maximum Gasteiger partial charge on any atom is 0.328 e. The Bertz CT molecular complexity index is 2070. The average molecular weight is 722 g/mol. The van der Waals surface area contributed by atoms with Gasteiger partial charge in [0.05, 0.1) is 27.2 Å². The van der Waals surface area contributed by atoms with Crippen LogP contribution in [0.2, 0.25) is 0 Å². The van der Waals surface area contributed by atoms with Gasteiger partial charge in [0.25, 0.3) is 0 Å². The van der Waals surface area contributed by atoms with Gasteiger partial charge in [-0.05, 0) is 77.4 Å². The maximum absolute atomic E-state index is 14.2. The van der Waals surface area contributed by atoms with Crippen LogP contribution < -0.4 is 31.2 Å². The average Bonchev–Trinajstić information content (AvgIpc) is 3.14. The van der Waals surface area contributed by atoms with Crippen LogP contribution in [-0.4, -0.2) is 75.5 Å². The predicted octanol–water partition coefficient (Wildman–Crippen LogP) is 4.53. The lowest BCUT2D eigenvalue weighted by Gasteiger charge is -2.26. The molecule has 5 rings (SSSR count). The van der Waals surface area contributed by atoms with Gasteiger partial charge in [0.15, 0.2) is 0 Å². The van der Waals surface area contributed by atoms with E-state index in [-0.39, 0.29) is 19.3 Å². The SMILES string of the molecule is COC(=O)[C@@H]1C/C=C\Cc2cc3ccccc3c(c2OC)-c2c(OC)c(cc3ccccc23)CC(NC(C)=O)C(=O)N[C@H](CCCN=C(C)N)C(=O)N1. The number of nitrogens with zero attached hydrogens (tertiary/aromatic N) is 1. The minimum atomic E-state index is -1.10. The van der Waals surface area contributed by atoms with Crippen LogP contribution in [0, 0.1) is 0 Å². The van der Waals surface area contributed by atoms with E-state index in [4.69, 9.17) is 19.9 Å². The highest BCUT2D eigenvalue weighted by Gasteiger charge is 2.31. The van der Waals surface area contributed by atoms with Crippen molar-refractivity contribution in [3.63, 3.8) is 0 Å². The second kappa shape index (κ2) is 17.5. The smallest absolute Gasteiger partial charge is 0.328 e. The van der Waals surface area contributed by atoms with E-state index >= 15 is 0 Å². The van der Waals surface area contributed by atoms with Gasteiger partial charge < -0.3 is 35.9 Å². The van der Waals surface area contributed by atoms with Crippen LogP contribution in [0.25, 0.3) is 32.7 Å². The number of ether oxygens (including phenoxy) is 3. The lowest BCUT2D eigenvalue weighted by atomic mass is 9.87. The van der Waals surface area contributed by atoms with Gasteiger partial charge in [-0.2, -0.15) is 0 Å². The Labute approximate surface area is 309 Å². The number of fused-ring (bicyclic) bond motifs is 9. The summed E-state index contributed by atoms with van der Waals surface area (Å²) in [6, 6.07) is 16.8. The van der Waals surface area contributed by atoms with Crippen LogP contribution >= 0.6 is 0 Å². The van der Waals surface area contributed by atoms with Gasteiger partial charge in [-0.25, -0.2) is 4.79 Å². The number of nitrogens with two attached hydrogens (primary N) is 1. The van der Waals surface area contributed by atoms with E-state index in [1.54, 1.807) is 21.1 Å². The molecule has 278 valence electrons. The van der Waals surface area contributed by atoms with E-state index < -0.39 is 41.8 Å². The van der Waals surface area contributed by atoms with E-state index in [1.807, 2.05) is 66.7 Å². The van der Waals surface area contributed by atoms with Gasteiger partial charge in [-0.3, -0.25) is 19.4 Å². The lowest BCUT2D eigenvalue weighted by Crippen LogP contribution is -2.56. The second-order valence-corrected chi connectivity index (χ2v) is 13.0. The molecular weight excluding hydrogens is 674 g/mol.